The minimum atomic E-state index is 0.644. The molecule has 0 amide bonds. The Morgan fingerprint density at radius 1 is 1.33 bits per heavy atom. The second-order valence-corrected chi connectivity index (χ2v) is 5.35. The first-order valence-electron chi connectivity index (χ1n) is 5.43. The number of pyridine rings is 1. The van der Waals surface area contributed by atoms with Gasteiger partial charge in [0.1, 0.15) is 5.82 Å². The summed E-state index contributed by atoms with van der Waals surface area (Å²) in [6.45, 7) is 0.757. The van der Waals surface area contributed by atoms with E-state index in [1.165, 1.54) is 5.56 Å². The fourth-order valence-electron chi connectivity index (χ4n) is 1.66. The molecule has 94 valence electrons. The fourth-order valence-corrected chi connectivity index (χ4v) is 2.46. The molecule has 0 fully saturated rings. The van der Waals surface area contributed by atoms with Gasteiger partial charge in [0, 0.05) is 18.6 Å². The van der Waals surface area contributed by atoms with E-state index in [0.717, 1.165) is 21.9 Å². The van der Waals surface area contributed by atoms with Gasteiger partial charge in [-0.3, -0.25) is 0 Å². The van der Waals surface area contributed by atoms with E-state index in [2.05, 4.69) is 20.9 Å². The number of hydrogen-bond acceptors (Lipinski definition) is 3. The van der Waals surface area contributed by atoms with Crippen molar-refractivity contribution in [2.24, 2.45) is 0 Å². The molecular formula is C13H13BrClN3. The van der Waals surface area contributed by atoms with Gasteiger partial charge in [-0.25, -0.2) is 4.98 Å². The zero-order valence-corrected chi connectivity index (χ0v) is 12.2. The number of halogens is 2. The van der Waals surface area contributed by atoms with Gasteiger partial charge in [-0.1, -0.05) is 23.7 Å². The normalized spacial score (nSPS) is 10.4. The number of anilines is 2. The molecule has 3 nitrogen and oxygen atoms in total. The Balaban J connectivity index is 2.16. The number of aromatic nitrogens is 1. The van der Waals surface area contributed by atoms with Crippen molar-refractivity contribution in [3.63, 3.8) is 0 Å². The van der Waals surface area contributed by atoms with Gasteiger partial charge >= 0.3 is 0 Å². The highest BCUT2D eigenvalue weighted by atomic mass is 79.9. The van der Waals surface area contributed by atoms with Crippen molar-refractivity contribution in [1.82, 2.24) is 4.98 Å². The lowest BCUT2D eigenvalue weighted by molar-refractivity contribution is 0.894. The Kier molecular flexibility index (Phi) is 4.09. The first-order chi connectivity index (χ1) is 8.56. The smallest absolute Gasteiger partial charge is 0.143 e. The minimum Gasteiger partial charge on any atom is -0.397 e. The van der Waals surface area contributed by atoms with Crippen LogP contribution in [0.2, 0.25) is 5.02 Å². The first kappa shape index (κ1) is 13.2. The SMILES string of the molecule is CN(Cc1ccc(Cl)cc1)c1ncc(N)cc1Br. The average Bonchev–Trinajstić information content (AvgIpc) is 2.32. The summed E-state index contributed by atoms with van der Waals surface area (Å²) < 4.78 is 0.888. The molecule has 0 saturated heterocycles. The molecule has 2 aromatic rings. The second-order valence-electron chi connectivity index (χ2n) is 4.06. The molecule has 0 aliphatic rings. The fraction of sp³-hybridized carbons (Fsp3) is 0.154. The van der Waals surface area contributed by atoms with Crippen molar-refractivity contribution in [2.75, 3.05) is 17.7 Å². The van der Waals surface area contributed by atoms with Gasteiger partial charge in [-0.15, -0.1) is 0 Å². The van der Waals surface area contributed by atoms with Crippen LogP contribution in [0.1, 0.15) is 5.56 Å². The molecule has 0 saturated carbocycles. The van der Waals surface area contributed by atoms with Gasteiger partial charge < -0.3 is 10.6 Å². The van der Waals surface area contributed by atoms with Gasteiger partial charge in [0.2, 0.25) is 0 Å². The lowest BCUT2D eigenvalue weighted by Crippen LogP contribution is -2.18. The Labute approximate surface area is 120 Å². The molecule has 0 aliphatic heterocycles. The summed E-state index contributed by atoms with van der Waals surface area (Å²) in [4.78, 5) is 6.37. The number of benzene rings is 1. The minimum absolute atomic E-state index is 0.644. The molecule has 2 N–H and O–H groups in total. The van der Waals surface area contributed by atoms with Gasteiger partial charge in [-0.2, -0.15) is 0 Å². The molecule has 2 rings (SSSR count). The zero-order chi connectivity index (χ0) is 13.1. The number of nitrogen functional groups attached to an aromatic ring is 1. The lowest BCUT2D eigenvalue weighted by Gasteiger charge is -2.19. The maximum absolute atomic E-state index is 5.86. The quantitative estimate of drug-likeness (QED) is 0.935. The highest BCUT2D eigenvalue weighted by molar-refractivity contribution is 9.10. The molecular weight excluding hydrogens is 314 g/mol. The monoisotopic (exact) mass is 325 g/mol. The summed E-state index contributed by atoms with van der Waals surface area (Å²) in [5, 5.41) is 0.744. The summed E-state index contributed by atoms with van der Waals surface area (Å²) >= 11 is 9.33. The van der Waals surface area contributed by atoms with Crippen molar-refractivity contribution >= 4 is 39.0 Å². The highest BCUT2D eigenvalue weighted by Crippen LogP contribution is 2.25. The van der Waals surface area contributed by atoms with Crippen LogP contribution in [0.5, 0.6) is 0 Å². The van der Waals surface area contributed by atoms with E-state index in [1.54, 1.807) is 6.20 Å². The van der Waals surface area contributed by atoms with Crippen LogP contribution in [0.3, 0.4) is 0 Å². The van der Waals surface area contributed by atoms with Gasteiger partial charge in [0.15, 0.2) is 0 Å². The number of hydrogen-bond donors (Lipinski definition) is 1. The maximum Gasteiger partial charge on any atom is 0.143 e. The predicted octanol–water partition coefficient (Wildman–Crippen LogP) is 3.72. The molecule has 0 atom stereocenters. The van der Waals surface area contributed by atoms with Crippen LogP contribution in [-0.2, 0) is 6.54 Å². The molecule has 0 radical (unpaired) electrons. The third-order valence-electron chi connectivity index (χ3n) is 2.54. The van der Waals surface area contributed by atoms with Crippen LogP contribution >= 0.6 is 27.5 Å². The number of nitrogens with two attached hydrogens (primary N) is 1. The van der Waals surface area contributed by atoms with Crippen LogP contribution in [0.15, 0.2) is 41.0 Å². The summed E-state index contributed by atoms with van der Waals surface area (Å²) in [5.41, 5.74) is 7.49. The van der Waals surface area contributed by atoms with Gasteiger partial charge in [-0.05, 0) is 39.7 Å². The van der Waals surface area contributed by atoms with E-state index in [-0.39, 0.29) is 0 Å². The van der Waals surface area contributed by atoms with Crippen LogP contribution in [0, 0.1) is 0 Å². The summed E-state index contributed by atoms with van der Waals surface area (Å²) in [7, 11) is 1.98. The lowest BCUT2D eigenvalue weighted by atomic mass is 10.2. The van der Waals surface area contributed by atoms with E-state index < -0.39 is 0 Å². The number of nitrogens with zero attached hydrogens (tertiary/aromatic N) is 2. The first-order valence-corrected chi connectivity index (χ1v) is 6.60. The van der Waals surface area contributed by atoms with E-state index in [4.69, 9.17) is 17.3 Å². The Morgan fingerprint density at radius 3 is 2.61 bits per heavy atom. The second kappa shape index (κ2) is 5.59. The largest absolute Gasteiger partial charge is 0.397 e. The maximum atomic E-state index is 5.86. The van der Waals surface area contributed by atoms with Crippen LogP contribution in [0.25, 0.3) is 0 Å². The van der Waals surface area contributed by atoms with Crippen LogP contribution in [-0.4, -0.2) is 12.0 Å². The summed E-state index contributed by atoms with van der Waals surface area (Å²) in [6, 6.07) is 9.63. The molecule has 0 spiro atoms. The topological polar surface area (TPSA) is 42.2 Å². The van der Waals surface area contributed by atoms with Crippen molar-refractivity contribution in [3.8, 4) is 0 Å². The van der Waals surface area contributed by atoms with E-state index in [9.17, 15) is 0 Å². The van der Waals surface area contributed by atoms with E-state index in [1.807, 2.05) is 42.3 Å². The average molecular weight is 327 g/mol. The van der Waals surface area contributed by atoms with Gasteiger partial charge in [0.25, 0.3) is 0 Å². The van der Waals surface area contributed by atoms with Crippen molar-refractivity contribution < 1.29 is 0 Å². The Hall–Kier alpha value is -1.26. The molecule has 18 heavy (non-hydrogen) atoms. The van der Waals surface area contributed by atoms with E-state index in [0.29, 0.717) is 5.69 Å². The molecule has 0 aliphatic carbocycles. The Bertz CT molecular complexity index is 542. The molecule has 1 aromatic heterocycles. The Morgan fingerprint density at radius 2 is 2.00 bits per heavy atom. The molecule has 1 heterocycles. The molecule has 5 heteroatoms. The van der Waals surface area contributed by atoms with Crippen LogP contribution < -0.4 is 10.6 Å². The zero-order valence-electron chi connectivity index (χ0n) is 9.90. The molecule has 1 aromatic carbocycles. The third kappa shape index (κ3) is 3.15. The molecule has 0 bridgehead atoms. The summed E-state index contributed by atoms with van der Waals surface area (Å²) in [5.74, 6) is 0.860. The highest BCUT2D eigenvalue weighted by Gasteiger charge is 2.08. The van der Waals surface area contributed by atoms with Gasteiger partial charge in [0.05, 0.1) is 16.4 Å². The predicted molar refractivity (Wildman–Crippen MR) is 79.9 cm³/mol. The number of rotatable bonds is 3. The van der Waals surface area contributed by atoms with Crippen molar-refractivity contribution in [2.45, 2.75) is 6.54 Å². The van der Waals surface area contributed by atoms with Crippen LogP contribution in [0.4, 0.5) is 11.5 Å². The van der Waals surface area contributed by atoms with E-state index >= 15 is 0 Å². The molecule has 0 unspecified atom stereocenters. The summed E-state index contributed by atoms with van der Waals surface area (Å²) in [6.07, 6.45) is 1.65. The van der Waals surface area contributed by atoms with Crippen molar-refractivity contribution in [1.29, 1.82) is 0 Å². The third-order valence-corrected chi connectivity index (χ3v) is 3.37. The van der Waals surface area contributed by atoms with Crippen molar-refractivity contribution in [3.05, 3.63) is 51.6 Å². The standard InChI is InChI=1S/C13H13BrClN3/c1-18(8-9-2-4-10(15)5-3-9)13-12(14)6-11(16)7-17-13/h2-7H,8,16H2,1H3.